The fraction of sp³-hybridized carbons (Fsp3) is 1.00. The molecule has 0 rings (SSSR count). The van der Waals surface area contributed by atoms with Crippen molar-refractivity contribution in [1.82, 2.24) is 10.2 Å². The molecule has 1 unspecified atom stereocenters. The standard InChI is InChI=1S/C18H40N2/c1-7-11-12-13-14-15-17(19-16-8-2)18(9-3,10-4)20(5)6/h17,19H,7-16H2,1-6H3. The molecule has 0 aliphatic carbocycles. The van der Waals surface area contributed by atoms with E-state index in [0.717, 1.165) is 6.54 Å². The second-order valence-electron chi connectivity index (χ2n) is 6.41. The number of rotatable bonds is 13. The second kappa shape index (κ2) is 11.6. The summed E-state index contributed by atoms with van der Waals surface area (Å²) in [5.74, 6) is 0. The molecule has 0 fully saturated rings. The Morgan fingerprint density at radius 3 is 1.90 bits per heavy atom. The predicted molar refractivity (Wildman–Crippen MR) is 92.5 cm³/mol. The van der Waals surface area contributed by atoms with Crippen LogP contribution in [0.2, 0.25) is 0 Å². The first kappa shape index (κ1) is 19.9. The van der Waals surface area contributed by atoms with Gasteiger partial charge in [-0.3, -0.25) is 0 Å². The summed E-state index contributed by atoms with van der Waals surface area (Å²) >= 11 is 0. The number of unbranched alkanes of at least 4 members (excludes halogenated alkanes) is 4. The maximum atomic E-state index is 3.84. The van der Waals surface area contributed by atoms with Crippen molar-refractivity contribution in [3.63, 3.8) is 0 Å². The highest BCUT2D eigenvalue weighted by Crippen LogP contribution is 2.29. The summed E-state index contributed by atoms with van der Waals surface area (Å²) in [7, 11) is 4.51. The average Bonchev–Trinajstić information content (AvgIpc) is 2.44. The Hall–Kier alpha value is -0.0800. The van der Waals surface area contributed by atoms with Crippen LogP contribution in [0.3, 0.4) is 0 Å². The van der Waals surface area contributed by atoms with Gasteiger partial charge in [-0.1, -0.05) is 59.8 Å². The fourth-order valence-electron chi connectivity index (χ4n) is 3.52. The lowest BCUT2D eigenvalue weighted by atomic mass is 9.80. The third-order valence-corrected chi connectivity index (χ3v) is 5.00. The van der Waals surface area contributed by atoms with E-state index in [4.69, 9.17) is 0 Å². The average molecular weight is 285 g/mol. The van der Waals surface area contributed by atoms with E-state index in [1.54, 1.807) is 0 Å². The van der Waals surface area contributed by atoms with Crippen LogP contribution in [-0.4, -0.2) is 37.1 Å². The summed E-state index contributed by atoms with van der Waals surface area (Å²) < 4.78 is 0. The lowest BCUT2D eigenvalue weighted by Gasteiger charge is -2.46. The van der Waals surface area contributed by atoms with Crippen molar-refractivity contribution in [3.05, 3.63) is 0 Å². The maximum absolute atomic E-state index is 3.84. The highest BCUT2D eigenvalue weighted by Gasteiger charge is 2.36. The van der Waals surface area contributed by atoms with Crippen molar-refractivity contribution in [2.24, 2.45) is 0 Å². The van der Waals surface area contributed by atoms with Gasteiger partial charge in [0.1, 0.15) is 0 Å². The molecule has 0 amide bonds. The summed E-state index contributed by atoms with van der Waals surface area (Å²) in [6.45, 7) is 10.4. The van der Waals surface area contributed by atoms with Crippen LogP contribution in [0.1, 0.15) is 85.5 Å². The smallest absolute Gasteiger partial charge is 0.0351 e. The van der Waals surface area contributed by atoms with Crippen LogP contribution in [0.4, 0.5) is 0 Å². The van der Waals surface area contributed by atoms with Gasteiger partial charge in [-0.05, 0) is 46.3 Å². The third-order valence-electron chi connectivity index (χ3n) is 5.00. The molecule has 0 saturated carbocycles. The van der Waals surface area contributed by atoms with E-state index in [2.05, 4.69) is 52.0 Å². The molecule has 0 aromatic rings. The normalized spacial score (nSPS) is 13.9. The molecule has 20 heavy (non-hydrogen) atoms. The first-order valence-electron chi connectivity index (χ1n) is 8.99. The zero-order chi connectivity index (χ0) is 15.4. The number of hydrogen-bond donors (Lipinski definition) is 1. The van der Waals surface area contributed by atoms with E-state index in [9.17, 15) is 0 Å². The topological polar surface area (TPSA) is 15.3 Å². The Kier molecular flexibility index (Phi) is 11.5. The van der Waals surface area contributed by atoms with Crippen LogP contribution in [0.15, 0.2) is 0 Å². The minimum absolute atomic E-state index is 0.319. The lowest BCUT2D eigenvalue weighted by Crippen LogP contribution is -2.58. The van der Waals surface area contributed by atoms with Crippen LogP contribution >= 0.6 is 0 Å². The Bertz CT molecular complexity index is 209. The molecule has 2 heteroatoms. The lowest BCUT2D eigenvalue weighted by molar-refractivity contribution is 0.0827. The minimum Gasteiger partial charge on any atom is -0.312 e. The van der Waals surface area contributed by atoms with Crippen LogP contribution in [0.5, 0.6) is 0 Å². The molecule has 0 spiro atoms. The molecule has 0 aliphatic rings. The minimum atomic E-state index is 0.319. The summed E-state index contributed by atoms with van der Waals surface area (Å²) in [6.07, 6.45) is 11.9. The first-order chi connectivity index (χ1) is 9.58. The van der Waals surface area contributed by atoms with Gasteiger partial charge in [-0.15, -0.1) is 0 Å². The van der Waals surface area contributed by atoms with Gasteiger partial charge in [0.05, 0.1) is 0 Å². The van der Waals surface area contributed by atoms with Gasteiger partial charge in [0.2, 0.25) is 0 Å². The van der Waals surface area contributed by atoms with Gasteiger partial charge in [0.15, 0.2) is 0 Å². The van der Waals surface area contributed by atoms with Gasteiger partial charge in [-0.25, -0.2) is 0 Å². The van der Waals surface area contributed by atoms with Gasteiger partial charge in [-0.2, -0.15) is 0 Å². The molecule has 0 heterocycles. The molecule has 0 aliphatic heterocycles. The molecule has 0 radical (unpaired) electrons. The van der Waals surface area contributed by atoms with Crippen molar-refractivity contribution < 1.29 is 0 Å². The van der Waals surface area contributed by atoms with Crippen LogP contribution in [0.25, 0.3) is 0 Å². The summed E-state index contributed by atoms with van der Waals surface area (Å²) in [5, 5.41) is 3.84. The van der Waals surface area contributed by atoms with Crippen LogP contribution in [-0.2, 0) is 0 Å². The number of nitrogens with zero attached hydrogens (tertiary/aromatic N) is 1. The van der Waals surface area contributed by atoms with Crippen molar-refractivity contribution >= 4 is 0 Å². The van der Waals surface area contributed by atoms with Crippen LogP contribution < -0.4 is 5.32 Å². The van der Waals surface area contributed by atoms with E-state index in [1.165, 1.54) is 57.8 Å². The van der Waals surface area contributed by atoms with Crippen LogP contribution in [0, 0.1) is 0 Å². The summed E-state index contributed by atoms with van der Waals surface area (Å²) in [5.41, 5.74) is 0.319. The zero-order valence-corrected chi connectivity index (χ0v) is 15.1. The third kappa shape index (κ3) is 6.13. The van der Waals surface area contributed by atoms with Crippen molar-refractivity contribution in [1.29, 1.82) is 0 Å². The Morgan fingerprint density at radius 2 is 1.45 bits per heavy atom. The number of likely N-dealkylation sites (N-methyl/N-ethyl adjacent to an activating group) is 1. The quantitative estimate of drug-likeness (QED) is 0.487. The fourth-order valence-corrected chi connectivity index (χ4v) is 3.52. The van der Waals surface area contributed by atoms with E-state index >= 15 is 0 Å². The maximum Gasteiger partial charge on any atom is 0.0351 e. The van der Waals surface area contributed by atoms with E-state index in [1.807, 2.05) is 0 Å². The summed E-state index contributed by atoms with van der Waals surface area (Å²) in [6, 6.07) is 0.633. The highest BCUT2D eigenvalue weighted by atomic mass is 15.2. The van der Waals surface area contributed by atoms with Gasteiger partial charge < -0.3 is 10.2 Å². The molecular weight excluding hydrogens is 244 g/mol. The molecule has 0 saturated heterocycles. The molecule has 0 aromatic carbocycles. The molecule has 0 aromatic heterocycles. The molecular formula is C18H40N2. The molecule has 1 atom stereocenters. The van der Waals surface area contributed by atoms with E-state index < -0.39 is 0 Å². The molecule has 1 N–H and O–H groups in total. The predicted octanol–water partition coefficient (Wildman–Crippen LogP) is 4.84. The monoisotopic (exact) mass is 284 g/mol. The SMILES string of the molecule is CCCCCCCC(NCCC)C(CC)(CC)N(C)C. The van der Waals surface area contributed by atoms with Gasteiger partial charge in [0.25, 0.3) is 0 Å². The number of hydrogen-bond acceptors (Lipinski definition) is 2. The van der Waals surface area contributed by atoms with Crippen molar-refractivity contribution in [2.45, 2.75) is 97.1 Å². The zero-order valence-electron chi connectivity index (χ0n) is 15.1. The number of nitrogens with one attached hydrogen (secondary N) is 1. The van der Waals surface area contributed by atoms with E-state index in [-0.39, 0.29) is 0 Å². The summed E-state index contributed by atoms with van der Waals surface area (Å²) in [4.78, 5) is 2.46. The second-order valence-corrected chi connectivity index (χ2v) is 6.41. The first-order valence-corrected chi connectivity index (χ1v) is 8.99. The Morgan fingerprint density at radius 1 is 0.850 bits per heavy atom. The van der Waals surface area contributed by atoms with Crippen molar-refractivity contribution in [2.75, 3.05) is 20.6 Å². The van der Waals surface area contributed by atoms with Gasteiger partial charge in [0, 0.05) is 11.6 Å². The Labute approximate surface area is 128 Å². The molecule has 122 valence electrons. The molecule has 2 nitrogen and oxygen atoms in total. The Balaban J connectivity index is 4.57. The van der Waals surface area contributed by atoms with E-state index in [0.29, 0.717) is 11.6 Å². The molecule has 0 bridgehead atoms. The highest BCUT2D eigenvalue weighted by molar-refractivity contribution is 4.96. The van der Waals surface area contributed by atoms with Gasteiger partial charge >= 0.3 is 0 Å². The largest absolute Gasteiger partial charge is 0.312 e. The van der Waals surface area contributed by atoms with Crippen molar-refractivity contribution in [3.8, 4) is 0 Å².